The van der Waals surface area contributed by atoms with E-state index in [-0.39, 0.29) is 0 Å². The molecule has 2 heteroatoms. The number of azo groups is 1. The van der Waals surface area contributed by atoms with Crippen LogP contribution in [0.1, 0.15) is 78.6 Å². The van der Waals surface area contributed by atoms with Crippen molar-refractivity contribution in [3.8, 4) is 0 Å². The second-order valence-corrected chi connectivity index (χ2v) is 5.94. The van der Waals surface area contributed by atoms with Gasteiger partial charge in [-0.25, -0.2) is 0 Å². The molecule has 0 fully saturated rings. The van der Waals surface area contributed by atoms with Crippen LogP contribution < -0.4 is 0 Å². The molecule has 18 heavy (non-hydrogen) atoms. The lowest BCUT2D eigenvalue weighted by Crippen LogP contribution is -2.05. The second-order valence-electron chi connectivity index (χ2n) is 5.94. The van der Waals surface area contributed by atoms with Crippen molar-refractivity contribution in [2.75, 3.05) is 0 Å². The van der Waals surface area contributed by atoms with E-state index in [1.165, 1.54) is 63.4 Å². The van der Waals surface area contributed by atoms with Crippen molar-refractivity contribution in [1.29, 1.82) is 0 Å². The number of rotatable bonds is 10. The molecule has 0 saturated heterocycles. The SMILES string of the molecule is CCCCCC1N=NC=C1CCCCCC(C)C. The molecule has 0 saturated carbocycles. The Labute approximate surface area is 113 Å². The Balaban J connectivity index is 2.10. The minimum absolute atomic E-state index is 0.418. The highest BCUT2D eigenvalue weighted by Crippen LogP contribution is 2.25. The van der Waals surface area contributed by atoms with E-state index in [1.807, 2.05) is 6.20 Å². The first-order chi connectivity index (χ1) is 8.74. The lowest BCUT2D eigenvalue weighted by atomic mass is 9.96. The van der Waals surface area contributed by atoms with Crippen LogP contribution in [0.5, 0.6) is 0 Å². The summed E-state index contributed by atoms with van der Waals surface area (Å²) in [7, 11) is 0. The maximum Gasteiger partial charge on any atom is 0.0940 e. The molecule has 0 aromatic heterocycles. The van der Waals surface area contributed by atoms with Gasteiger partial charge in [0.05, 0.1) is 12.2 Å². The van der Waals surface area contributed by atoms with Crippen LogP contribution in [0.25, 0.3) is 0 Å². The third-order valence-electron chi connectivity index (χ3n) is 3.69. The first-order valence-electron chi connectivity index (χ1n) is 7.83. The monoisotopic (exact) mass is 250 g/mol. The van der Waals surface area contributed by atoms with E-state index in [0.29, 0.717) is 6.04 Å². The zero-order valence-electron chi connectivity index (χ0n) is 12.5. The van der Waals surface area contributed by atoms with Gasteiger partial charge in [-0.1, -0.05) is 59.3 Å². The van der Waals surface area contributed by atoms with Gasteiger partial charge in [0.15, 0.2) is 0 Å². The van der Waals surface area contributed by atoms with Crippen molar-refractivity contribution < 1.29 is 0 Å². The van der Waals surface area contributed by atoms with Gasteiger partial charge in [0, 0.05) is 0 Å². The predicted octanol–water partition coefficient (Wildman–Crippen LogP) is 5.89. The smallest absolute Gasteiger partial charge is 0.0940 e. The summed E-state index contributed by atoms with van der Waals surface area (Å²) in [5, 5.41) is 8.46. The van der Waals surface area contributed by atoms with E-state index in [4.69, 9.17) is 0 Å². The molecule has 0 radical (unpaired) electrons. The van der Waals surface area contributed by atoms with E-state index in [2.05, 4.69) is 31.0 Å². The van der Waals surface area contributed by atoms with Gasteiger partial charge < -0.3 is 0 Å². The summed E-state index contributed by atoms with van der Waals surface area (Å²) in [6.07, 6.45) is 13.8. The highest BCUT2D eigenvalue weighted by atomic mass is 15.1. The summed E-state index contributed by atoms with van der Waals surface area (Å²) in [4.78, 5) is 0. The van der Waals surface area contributed by atoms with Gasteiger partial charge in [-0.2, -0.15) is 10.2 Å². The Morgan fingerprint density at radius 3 is 2.67 bits per heavy atom. The van der Waals surface area contributed by atoms with Gasteiger partial charge in [0.2, 0.25) is 0 Å². The molecule has 1 unspecified atom stereocenters. The number of hydrogen-bond acceptors (Lipinski definition) is 2. The van der Waals surface area contributed by atoms with E-state index >= 15 is 0 Å². The molecule has 1 heterocycles. The summed E-state index contributed by atoms with van der Waals surface area (Å²) >= 11 is 0. The van der Waals surface area contributed by atoms with E-state index in [9.17, 15) is 0 Å². The Morgan fingerprint density at radius 1 is 1.11 bits per heavy atom. The van der Waals surface area contributed by atoms with E-state index in [0.717, 1.165) is 5.92 Å². The van der Waals surface area contributed by atoms with Gasteiger partial charge in [-0.05, 0) is 30.8 Å². The Morgan fingerprint density at radius 2 is 1.94 bits per heavy atom. The molecule has 0 amide bonds. The van der Waals surface area contributed by atoms with Gasteiger partial charge in [-0.15, -0.1) is 0 Å². The zero-order chi connectivity index (χ0) is 13.2. The normalized spacial score (nSPS) is 18.7. The molecular weight excluding hydrogens is 220 g/mol. The lowest BCUT2D eigenvalue weighted by molar-refractivity contribution is 0.520. The second kappa shape index (κ2) is 9.29. The van der Waals surface area contributed by atoms with Crippen molar-refractivity contribution in [2.24, 2.45) is 16.1 Å². The average molecular weight is 250 g/mol. The lowest BCUT2D eigenvalue weighted by Gasteiger charge is -2.11. The predicted molar refractivity (Wildman–Crippen MR) is 78.8 cm³/mol. The molecular formula is C16H30N2. The largest absolute Gasteiger partial charge is 0.181 e. The molecule has 0 spiro atoms. The molecule has 0 aromatic carbocycles. The number of unbranched alkanes of at least 4 members (excludes halogenated alkanes) is 4. The van der Waals surface area contributed by atoms with Crippen LogP contribution in [-0.4, -0.2) is 6.04 Å². The third kappa shape index (κ3) is 6.32. The van der Waals surface area contributed by atoms with E-state index in [1.54, 1.807) is 0 Å². The molecule has 104 valence electrons. The van der Waals surface area contributed by atoms with Crippen LogP contribution in [0.15, 0.2) is 22.0 Å². The van der Waals surface area contributed by atoms with Crippen molar-refractivity contribution in [3.63, 3.8) is 0 Å². The highest BCUT2D eigenvalue weighted by molar-refractivity contribution is 5.13. The van der Waals surface area contributed by atoms with Crippen LogP contribution in [0.4, 0.5) is 0 Å². The molecule has 2 nitrogen and oxygen atoms in total. The van der Waals surface area contributed by atoms with Gasteiger partial charge in [-0.3, -0.25) is 0 Å². The summed E-state index contributed by atoms with van der Waals surface area (Å²) in [6.45, 7) is 6.86. The van der Waals surface area contributed by atoms with Gasteiger partial charge in [0.25, 0.3) is 0 Å². The third-order valence-corrected chi connectivity index (χ3v) is 3.69. The standard InChI is InChI=1S/C16H30N2/c1-4-5-7-12-16-15(13-17-18-16)11-9-6-8-10-14(2)3/h13-14,16H,4-12H2,1-3H3. The average Bonchev–Trinajstić information content (AvgIpc) is 2.76. The number of hydrogen-bond donors (Lipinski definition) is 0. The molecule has 1 aliphatic heterocycles. The first-order valence-corrected chi connectivity index (χ1v) is 7.83. The maximum absolute atomic E-state index is 4.35. The minimum Gasteiger partial charge on any atom is -0.181 e. The fourth-order valence-electron chi connectivity index (χ4n) is 2.47. The summed E-state index contributed by atoms with van der Waals surface area (Å²) < 4.78 is 0. The van der Waals surface area contributed by atoms with Crippen LogP contribution in [0.3, 0.4) is 0 Å². The van der Waals surface area contributed by atoms with Crippen LogP contribution in [0, 0.1) is 5.92 Å². The Hall–Kier alpha value is -0.660. The van der Waals surface area contributed by atoms with Crippen molar-refractivity contribution in [3.05, 3.63) is 11.8 Å². The summed E-state index contributed by atoms with van der Waals surface area (Å²) in [5.74, 6) is 0.850. The molecule has 0 aliphatic carbocycles. The van der Waals surface area contributed by atoms with Gasteiger partial charge in [0.1, 0.15) is 0 Å². The Kier molecular flexibility index (Phi) is 7.95. The molecule has 0 aromatic rings. The summed E-state index contributed by atoms with van der Waals surface area (Å²) in [5.41, 5.74) is 1.48. The molecule has 1 aliphatic rings. The zero-order valence-corrected chi connectivity index (χ0v) is 12.5. The van der Waals surface area contributed by atoms with Crippen molar-refractivity contribution in [2.45, 2.75) is 84.6 Å². The molecule has 0 bridgehead atoms. The maximum atomic E-state index is 4.35. The topological polar surface area (TPSA) is 24.7 Å². The van der Waals surface area contributed by atoms with Crippen LogP contribution >= 0.6 is 0 Å². The molecule has 0 N–H and O–H groups in total. The Bertz CT molecular complexity index is 266. The number of nitrogens with zero attached hydrogens (tertiary/aromatic N) is 2. The van der Waals surface area contributed by atoms with Crippen molar-refractivity contribution in [1.82, 2.24) is 0 Å². The first kappa shape index (κ1) is 15.4. The van der Waals surface area contributed by atoms with Crippen LogP contribution in [0.2, 0.25) is 0 Å². The van der Waals surface area contributed by atoms with E-state index < -0.39 is 0 Å². The minimum atomic E-state index is 0.418. The van der Waals surface area contributed by atoms with Gasteiger partial charge >= 0.3 is 0 Å². The quantitative estimate of drug-likeness (QED) is 0.432. The van der Waals surface area contributed by atoms with Crippen LogP contribution in [-0.2, 0) is 0 Å². The highest BCUT2D eigenvalue weighted by Gasteiger charge is 2.16. The molecule has 1 rings (SSSR count). The molecule has 1 atom stereocenters. The fraction of sp³-hybridized carbons (Fsp3) is 0.875. The van der Waals surface area contributed by atoms with Crippen molar-refractivity contribution >= 4 is 0 Å². The fourth-order valence-corrected chi connectivity index (χ4v) is 2.47. The summed E-state index contributed by atoms with van der Waals surface area (Å²) in [6, 6.07) is 0.418.